The molecule has 1 N–H and O–H groups in total. The number of nitrogens with one attached hydrogen (secondary N) is 1. The zero-order chi connectivity index (χ0) is 6.57. The van der Waals surface area contributed by atoms with Gasteiger partial charge in [0, 0.05) is 6.42 Å². The highest BCUT2D eigenvalue weighted by atomic mass is 19.1. The molecule has 1 nitrogen and oxygen atoms in total. The lowest BCUT2D eigenvalue weighted by molar-refractivity contribution is 0.556. The molecule has 0 amide bonds. The Kier molecular flexibility index (Phi) is 3.40. The van der Waals surface area contributed by atoms with Gasteiger partial charge >= 0.3 is 0 Å². The molecule has 0 aromatic carbocycles. The highest BCUT2D eigenvalue weighted by Crippen LogP contribution is 2.06. The molecule has 0 saturated heterocycles. The highest BCUT2D eigenvalue weighted by Gasteiger charge is 2.00. The smallest absolute Gasteiger partial charge is 0.181 e. The molecule has 0 saturated carbocycles. The molecule has 0 radical (unpaired) electrons. The summed E-state index contributed by atoms with van der Waals surface area (Å²) in [6, 6.07) is 0. The molecule has 0 aliphatic heterocycles. The maximum atomic E-state index is 11.7. The summed E-state index contributed by atoms with van der Waals surface area (Å²) < 4.78 is 11.7. The Labute approximate surface area is 49.4 Å². The zero-order valence-corrected chi connectivity index (χ0v) is 5.37. The summed E-state index contributed by atoms with van der Waals surface area (Å²) in [6.45, 7) is 3.93. The second kappa shape index (κ2) is 3.58. The largest absolute Gasteiger partial charge is 0.278 e. The van der Waals surface area contributed by atoms with E-state index in [1.54, 1.807) is 0 Å². The van der Waals surface area contributed by atoms with E-state index in [1.165, 1.54) is 0 Å². The van der Waals surface area contributed by atoms with E-state index in [9.17, 15) is 4.39 Å². The van der Waals surface area contributed by atoms with E-state index in [2.05, 4.69) is 0 Å². The van der Waals surface area contributed by atoms with Crippen LogP contribution in [-0.4, -0.2) is 5.97 Å². The highest BCUT2D eigenvalue weighted by molar-refractivity contribution is 5.71. The van der Waals surface area contributed by atoms with Gasteiger partial charge in [0.2, 0.25) is 0 Å². The molecule has 0 aromatic heterocycles. The summed E-state index contributed by atoms with van der Waals surface area (Å²) in [6.07, 6.45) is 1.25. The van der Waals surface area contributed by atoms with Crippen LogP contribution in [0.4, 0.5) is 4.39 Å². The lowest BCUT2D eigenvalue weighted by atomic mass is 10.1. The Morgan fingerprint density at radius 3 is 2.38 bits per heavy atom. The summed E-state index contributed by atoms with van der Waals surface area (Å²) in [4.78, 5) is 0. The summed E-state index contributed by atoms with van der Waals surface area (Å²) in [5.41, 5.74) is 0. The van der Waals surface area contributed by atoms with Crippen LogP contribution in [0.3, 0.4) is 0 Å². The second-order valence-electron chi connectivity index (χ2n) is 2.12. The van der Waals surface area contributed by atoms with Crippen LogP contribution in [0.2, 0.25) is 0 Å². The van der Waals surface area contributed by atoms with Crippen LogP contribution in [0.1, 0.15) is 26.7 Å². The van der Waals surface area contributed by atoms with Gasteiger partial charge in [-0.3, -0.25) is 5.41 Å². The van der Waals surface area contributed by atoms with Crippen LogP contribution in [-0.2, 0) is 0 Å². The number of hydrogen-bond donors (Lipinski definition) is 1. The Balaban J connectivity index is 3.24. The van der Waals surface area contributed by atoms with Crippen molar-refractivity contribution < 1.29 is 4.39 Å². The predicted octanol–water partition coefficient (Wildman–Crippen LogP) is 2.37. The van der Waals surface area contributed by atoms with Crippen LogP contribution in [0.15, 0.2) is 0 Å². The van der Waals surface area contributed by atoms with Crippen LogP contribution in [0.5, 0.6) is 0 Å². The third kappa shape index (κ3) is 3.78. The fraction of sp³-hybridized carbons (Fsp3) is 0.833. The van der Waals surface area contributed by atoms with Crippen molar-refractivity contribution in [3.63, 3.8) is 0 Å². The van der Waals surface area contributed by atoms with Crippen molar-refractivity contribution in [2.24, 2.45) is 5.92 Å². The molecule has 0 aliphatic carbocycles. The summed E-state index contributed by atoms with van der Waals surface area (Å²) in [5.74, 6) is -0.369. The molecule has 8 heavy (non-hydrogen) atoms. The van der Waals surface area contributed by atoms with Crippen molar-refractivity contribution in [2.45, 2.75) is 26.7 Å². The van der Waals surface area contributed by atoms with Crippen LogP contribution < -0.4 is 0 Å². The Bertz CT molecular complexity index is 80.6. The quantitative estimate of drug-likeness (QED) is 0.549. The van der Waals surface area contributed by atoms with Gasteiger partial charge in [-0.25, -0.2) is 0 Å². The number of halogens is 1. The van der Waals surface area contributed by atoms with Crippen LogP contribution in [0, 0.1) is 11.3 Å². The minimum atomic E-state index is -0.695. The minimum absolute atomic E-state index is 0.302. The first kappa shape index (κ1) is 7.60. The summed E-state index contributed by atoms with van der Waals surface area (Å²) in [5, 5.41) is 6.46. The molecule has 0 rings (SSSR count). The fourth-order valence-corrected chi connectivity index (χ4v) is 0.450. The first-order valence-corrected chi connectivity index (χ1v) is 2.89. The van der Waals surface area contributed by atoms with E-state index in [1.807, 2.05) is 13.8 Å². The van der Waals surface area contributed by atoms with E-state index in [0.717, 1.165) is 6.42 Å². The molecule has 0 fully saturated rings. The molecule has 2 heteroatoms. The van der Waals surface area contributed by atoms with Gasteiger partial charge in [0.15, 0.2) is 5.97 Å². The van der Waals surface area contributed by atoms with Crippen molar-refractivity contribution in [3.05, 3.63) is 0 Å². The molecule has 0 aromatic rings. The third-order valence-electron chi connectivity index (χ3n) is 1.22. The average molecular weight is 117 g/mol. The summed E-state index contributed by atoms with van der Waals surface area (Å²) in [7, 11) is 0. The SMILES string of the molecule is CCC(C)CC(=N)F. The maximum Gasteiger partial charge on any atom is 0.181 e. The molecule has 48 valence electrons. The number of hydrogen-bond acceptors (Lipinski definition) is 1. The van der Waals surface area contributed by atoms with E-state index in [-0.39, 0.29) is 0 Å². The van der Waals surface area contributed by atoms with Gasteiger partial charge in [-0.15, -0.1) is 0 Å². The predicted molar refractivity (Wildman–Crippen MR) is 32.9 cm³/mol. The topological polar surface area (TPSA) is 23.9 Å². The van der Waals surface area contributed by atoms with Gasteiger partial charge in [-0.1, -0.05) is 20.3 Å². The third-order valence-corrected chi connectivity index (χ3v) is 1.22. The first-order valence-electron chi connectivity index (χ1n) is 2.89. The molecule has 1 unspecified atom stereocenters. The van der Waals surface area contributed by atoms with E-state index in [4.69, 9.17) is 5.41 Å². The second-order valence-corrected chi connectivity index (χ2v) is 2.12. The van der Waals surface area contributed by atoms with E-state index >= 15 is 0 Å². The molecule has 0 spiro atoms. The minimum Gasteiger partial charge on any atom is -0.278 e. The standard InChI is InChI=1S/C6H12FN/c1-3-5(2)4-6(7)8/h5,8H,3-4H2,1-2H3. The van der Waals surface area contributed by atoms with Gasteiger partial charge in [-0.2, -0.15) is 4.39 Å². The van der Waals surface area contributed by atoms with E-state index in [0.29, 0.717) is 12.3 Å². The van der Waals surface area contributed by atoms with Crippen molar-refractivity contribution in [1.82, 2.24) is 0 Å². The Morgan fingerprint density at radius 2 is 2.25 bits per heavy atom. The Morgan fingerprint density at radius 1 is 1.75 bits per heavy atom. The van der Waals surface area contributed by atoms with Crippen molar-refractivity contribution in [1.29, 1.82) is 5.41 Å². The molecule has 0 aliphatic rings. The Hall–Kier alpha value is -0.400. The molecule has 0 bridgehead atoms. The molecule has 1 atom stereocenters. The van der Waals surface area contributed by atoms with Gasteiger partial charge in [0.05, 0.1) is 0 Å². The van der Waals surface area contributed by atoms with Gasteiger partial charge in [0.1, 0.15) is 0 Å². The molecule has 0 heterocycles. The monoisotopic (exact) mass is 117 g/mol. The number of rotatable bonds is 3. The average Bonchev–Trinajstić information content (AvgIpc) is 1.65. The summed E-state index contributed by atoms with van der Waals surface area (Å²) >= 11 is 0. The van der Waals surface area contributed by atoms with E-state index < -0.39 is 5.97 Å². The normalized spacial score (nSPS) is 13.4. The fourth-order valence-electron chi connectivity index (χ4n) is 0.450. The van der Waals surface area contributed by atoms with Crippen LogP contribution in [0.25, 0.3) is 0 Å². The zero-order valence-electron chi connectivity index (χ0n) is 5.37. The van der Waals surface area contributed by atoms with Crippen molar-refractivity contribution >= 4 is 5.97 Å². The van der Waals surface area contributed by atoms with Gasteiger partial charge < -0.3 is 0 Å². The van der Waals surface area contributed by atoms with Crippen molar-refractivity contribution in [2.75, 3.05) is 0 Å². The van der Waals surface area contributed by atoms with Crippen LogP contribution >= 0.6 is 0 Å². The van der Waals surface area contributed by atoms with Gasteiger partial charge in [-0.05, 0) is 5.92 Å². The molecular formula is C6H12FN. The lowest BCUT2D eigenvalue weighted by Crippen LogP contribution is -1.97. The maximum absolute atomic E-state index is 11.7. The van der Waals surface area contributed by atoms with Crippen molar-refractivity contribution in [3.8, 4) is 0 Å². The van der Waals surface area contributed by atoms with Gasteiger partial charge in [0.25, 0.3) is 0 Å². The first-order chi connectivity index (χ1) is 3.66. The lowest BCUT2D eigenvalue weighted by Gasteiger charge is -2.01. The molecular weight excluding hydrogens is 105 g/mol.